The van der Waals surface area contributed by atoms with Crippen molar-refractivity contribution in [2.75, 3.05) is 5.32 Å². The zero-order valence-electron chi connectivity index (χ0n) is 11.7. The maximum absolute atomic E-state index is 12.1. The quantitative estimate of drug-likeness (QED) is 0.807. The van der Waals surface area contributed by atoms with Gasteiger partial charge in [-0.3, -0.25) is 9.78 Å². The molecule has 100 valence electrons. The van der Waals surface area contributed by atoms with Crippen LogP contribution in [0.1, 0.15) is 28.3 Å². The lowest BCUT2D eigenvalue weighted by Gasteiger charge is -2.05. The van der Waals surface area contributed by atoms with Gasteiger partial charge in [-0.2, -0.15) is 0 Å². The Labute approximate surface area is 117 Å². The van der Waals surface area contributed by atoms with Gasteiger partial charge in [-0.15, -0.1) is 0 Å². The van der Waals surface area contributed by atoms with Crippen LogP contribution in [0, 0.1) is 20.8 Å². The summed E-state index contributed by atoms with van der Waals surface area (Å²) < 4.78 is 0. The summed E-state index contributed by atoms with van der Waals surface area (Å²) in [5.41, 5.74) is 5.78. The molecular weight excluding hydrogens is 250 g/mol. The van der Waals surface area contributed by atoms with Crippen molar-refractivity contribution in [2.24, 2.45) is 0 Å². The third-order valence-electron chi connectivity index (χ3n) is 3.51. The molecule has 0 atom stereocenters. The molecule has 0 aliphatic carbocycles. The molecule has 1 amide bonds. The number of fused-ring (bicyclic) bond motifs is 1. The van der Waals surface area contributed by atoms with Crippen molar-refractivity contribution >= 4 is 23.2 Å². The lowest BCUT2D eigenvalue weighted by Crippen LogP contribution is -2.05. The van der Waals surface area contributed by atoms with E-state index in [0.29, 0.717) is 5.57 Å². The molecule has 4 heteroatoms. The first kappa shape index (κ1) is 12.5. The standard InChI is InChI=1S/C16H15N3O/c1-9-10(2)18-15(11(3)17-9)8-13-12-6-4-5-7-14(12)19-16(13)20/h4-8H,1-3H3,(H,19,20)/b13-8+. The third-order valence-corrected chi connectivity index (χ3v) is 3.51. The molecule has 2 aromatic rings. The van der Waals surface area contributed by atoms with Crippen molar-refractivity contribution in [2.45, 2.75) is 20.8 Å². The largest absolute Gasteiger partial charge is 0.321 e. The third kappa shape index (κ3) is 1.99. The molecule has 1 aliphatic heterocycles. The summed E-state index contributed by atoms with van der Waals surface area (Å²) >= 11 is 0. The van der Waals surface area contributed by atoms with Crippen LogP contribution in [-0.2, 0) is 4.79 Å². The topological polar surface area (TPSA) is 54.9 Å². The van der Waals surface area contributed by atoms with Crippen LogP contribution in [-0.4, -0.2) is 15.9 Å². The van der Waals surface area contributed by atoms with E-state index in [9.17, 15) is 4.79 Å². The van der Waals surface area contributed by atoms with Gasteiger partial charge in [0.25, 0.3) is 5.91 Å². The zero-order chi connectivity index (χ0) is 14.3. The number of hydrogen-bond donors (Lipinski definition) is 1. The lowest BCUT2D eigenvalue weighted by molar-refractivity contribution is -0.110. The Bertz CT molecular complexity index is 747. The molecule has 1 N–H and O–H groups in total. The van der Waals surface area contributed by atoms with Gasteiger partial charge in [0, 0.05) is 11.3 Å². The summed E-state index contributed by atoms with van der Waals surface area (Å²) in [6.45, 7) is 5.76. The van der Waals surface area contributed by atoms with Gasteiger partial charge in [0.05, 0.1) is 28.3 Å². The number of rotatable bonds is 1. The Balaban J connectivity index is 2.14. The van der Waals surface area contributed by atoms with Crippen LogP contribution in [0.15, 0.2) is 24.3 Å². The molecule has 0 bridgehead atoms. The van der Waals surface area contributed by atoms with Crippen molar-refractivity contribution in [1.82, 2.24) is 9.97 Å². The number of carbonyl (C=O) groups excluding carboxylic acids is 1. The van der Waals surface area contributed by atoms with Crippen molar-refractivity contribution in [1.29, 1.82) is 0 Å². The number of nitrogens with one attached hydrogen (secondary N) is 1. The molecule has 0 radical (unpaired) electrons. The summed E-state index contributed by atoms with van der Waals surface area (Å²) in [5, 5.41) is 2.86. The van der Waals surface area contributed by atoms with E-state index in [1.165, 1.54) is 0 Å². The van der Waals surface area contributed by atoms with E-state index < -0.39 is 0 Å². The number of aryl methyl sites for hydroxylation is 3. The van der Waals surface area contributed by atoms with Crippen molar-refractivity contribution in [3.05, 3.63) is 52.6 Å². The van der Waals surface area contributed by atoms with Gasteiger partial charge in [-0.1, -0.05) is 18.2 Å². The highest BCUT2D eigenvalue weighted by Crippen LogP contribution is 2.32. The van der Waals surface area contributed by atoms with E-state index in [0.717, 1.165) is 34.0 Å². The summed E-state index contributed by atoms with van der Waals surface area (Å²) in [4.78, 5) is 21.1. The monoisotopic (exact) mass is 265 g/mol. The molecule has 2 heterocycles. The van der Waals surface area contributed by atoms with Gasteiger partial charge in [0.2, 0.25) is 0 Å². The summed E-state index contributed by atoms with van der Waals surface area (Å²) in [6, 6.07) is 7.66. The Morgan fingerprint density at radius 3 is 2.50 bits per heavy atom. The minimum absolute atomic E-state index is 0.0920. The number of carbonyl (C=O) groups is 1. The average molecular weight is 265 g/mol. The fraction of sp³-hybridized carbons (Fsp3) is 0.188. The van der Waals surface area contributed by atoms with E-state index >= 15 is 0 Å². The van der Waals surface area contributed by atoms with Crippen LogP contribution in [0.4, 0.5) is 5.69 Å². The second-order valence-corrected chi connectivity index (χ2v) is 4.92. The van der Waals surface area contributed by atoms with Crippen LogP contribution in [0.25, 0.3) is 11.6 Å². The molecule has 1 aromatic heterocycles. The van der Waals surface area contributed by atoms with Crippen molar-refractivity contribution in [3.63, 3.8) is 0 Å². The van der Waals surface area contributed by atoms with Gasteiger partial charge < -0.3 is 5.32 Å². The molecule has 4 nitrogen and oxygen atoms in total. The Morgan fingerprint density at radius 2 is 1.70 bits per heavy atom. The molecule has 20 heavy (non-hydrogen) atoms. The SMILES string of the molecule is Cc1nc(C)c(/C=C2/C(=O)Nc3ccccc32)nc1C. The number of amides is 1. The van der Waals surface area contributed by atoms with Gasteiger partial charge in [0.15, 0.2) is 0 Å². The molecule has 1 aliphatic rings. The summed E-state index contributed by atoms with van der Waals surface area (Å²) in [5.74, 6) is -0.0920. The van der Waals surface area contributed by atoms with Gasteiger partial charge in [-0.05, 0) is 32.9 Å². The van der Waals surface area contributed by atoms with Gasteiger partial charge in [0.1, 0.15) is 0 Å². The normalized spacial score (nSPS) is 15.3. The van der Waals surface area contributed by atoms with Gasteiger partial charge >= 0.3 is 0 Å². The van der Waals surface area contributed by atoms with Crippen molar-refractivity contribution < 1.29 is 4.79 Å². The molecule has 0 fully saturated rings. The molecule has 0 saturated heterocycles. The maximum atomic E-state index is 12.1. The number of benzene rings is 1. The van der Waals surface area contributed by atoms with Crippen LogP contribution < -0.4 is 5.32 Å². The van der Waals surface area contributed by atoms with Crippen LogP contribution in [0.5, 0.6) is 0 Å². The van der Waals surface area contributed by atoms with Crippen LogP contribution in [0.3, 0.4) is 0 Å². The fourth-order valence-electron chi connectivity index (χ4n) is 2.29. The first-order valence-corrected chi connectivity index (χ1v) is 6.50. The van der Waals surface area contributed by atoms with E-state index in [2.05, 4.69) is 15.3 Å². The minimum Gasteiger partial charge on any atom is -0.321 e. The second kappa shape index (κ2) is 4.56. The Hall–Kier alpha value is -2.49. The summed E-state index contributed by atoms with van der Waals surface area (Å²) in [6.07, 6.45) is 1.82. The first-order valence-electron chi connectivity index (χ1n) is 6.50. The van der Waals surface area contributed by atoms with Crippen LogP contribution >= 0.6 is 0 Å². The Kier molecular flexibility index (Phi) is 2.86. The number of anilines is 1. The predicted molar refractivity (Wildman–Crippen MR) is 79.2 cm³/mol. The van der Waals surface area contributed by atoms with E-state index in [1.807, 2.05) is 51.1 Å². The highest BCUT2D eigenvalue weighted by atomic mass is 16.2. The summed E-state index contributed by atoms with van der Waals surface area (Å²) in [7, 11) is 0. The highest BCUT2D eigenvalue weighted by Gasteiger charge is 2.23. The van der Waals surface area contributed by atoms with E-state index in [-0.39, 0.29) is 5.91 Å². The number of para-hydroxylation sites is 1. The first-order chi connectivity index (χ1) is 9.56. The van der Waals surface area contributed by atoms with Crippen LogP contribution in [0.2, 0.25) is 0 Å². The average Bonchev–Trinajstić information content (AvgIpc) is 2.72. The number of aromatic nitrogens is 2. The predicted octanol–water partition coefficient (Wildman–Crippen LogP) is 2.89. The molecule has 1 aromatic carbocycles. The van der Waals surface area contributed by atoms with E-state index in [1.54, 1.807) is 0 Å². The minimum atomic E-state index is -0.0920. The smallest absolute Gasteiger partial charge is 0.256 e. The lowest BCUT2D eigenvalue weighted by atomic mass is 10.1. The fourth-order valence-corrected chi connectivity index (χ4v) is 2.29. The second-order valence-electron chi connectivity index (χ2n) is 4.92. The molecule has 0 saturated carbocycles. The molecular formula is C16H15N3O. The Morgan fingerprint density at radius 1 is 1.00 bits per heavy atom. The maximum Gasteiger partial charge on any atom is 0.256 e. The highest BCUT2D eigenvalue weighted by molar-refractivity contribution is 6.34. The zero-order valence-corrected chi connectivity index (χ0v) is 11.7. The van der Waals surface area contributed by atoms with Gasteiger partial charge in [-0.25, -0.2) is 4.98 Å². The number of nitrogens with zero attached hydrogens (tertiary/aromatic N) is 2. The number of hydrogen-bond acceptors (Lipinski definition) is 3. The molecule has 0 spiro atoms. The molecule has 0 unspecified atom stereocenters. The van der Waals surface area contributed by atoms with E-state index in [4.69, 9.17) is 0 Å². The van der Waals surface area contributed by atoms with Crippen molar-refractivity contribution in [3.8, 4) is 0 Å². The molecule has 3 rings (SSSR count).